The van der Waals surface area contributed by atoms with E-state index >= 15 is 0 Å². The van der Waals surface area contributed by atoms with Crippen molar-refractivity contribution >= 4 is 17.1 Å². The quantitative estimate of drug-likeness (QED) is 0.830. The Morgan fingerprint density at radius 2 is 2.05 bits per heavy atom. The summed E-state index contributed by atoms with van der Waals surface area (Å²) in [5.74, 6) is 2.54. The Labute approximate surface area is 119 Å². The molecule has 3 rings (SSSR count). The molecule has 0 bridgehead atoms. The number of Topliss-reactive ketones (excluding diaryl/α,β-unsaturated/α-hetero) is 1. The molecular weight excluding hydrogens is 254 g/mol. The lowest BCUT2D eigenvalue weighted by Crippen LogP contribution is -2.31. The lowest BCUT2D eigenvalue weighted by Gasteiger charge is -2.38. The molecule has 0 spiro atoms. The summed E-state index contributed by atoms with van der Waals surface area (Å²) in [6.45, 7) is 2.00. The van der Waals surface area contributed by atoms with Gasteiger partial charge in [0.05, 0.1) is 6.42 Å². The highest BCUT2D eigenvalue weighted by Crippen LogP contribution is 2.43. The molecule has 1 aromatic rings. The van der Waals surface area contributed by atoms with Gasteiger partial charge in [-0.3, -0.25) is 4.79 Å². The first-order valence-corrected chi connectivity index (χ1v) is 8.54. The molecule has 2 aliphatic rings. The second-order valence-electron chi connectivity index (χ2n) is 6.34. The van der Waals surface area contributed by atoms with E-state index in [2.05, 4.69) is 4.98 Å². The number of carbonyl (C=O) groups is 1. The van der Waals surface area contributed by atoms with E-state index in [0.717, 1.165) is 35.4 Å². The predicted molar refractivity (Wildman–Crippen MR) is 78.4 cm³/mol. The van der Waals surface area contributed by atoms with Gasteiger partial charge in [0.15, 0.2) is 0 Å². The molecule has 19 heavy (non-hydrogen) atoms. The third kappa shape index (κ3) is 3.07. The van der Waals surface area contributed by atoms with Crippen LogP contribution in [0.25, 0.3) is 0 Å². The van der Waals surface area contributed by atoms with E-state index in [0.29, 0.717) is 18.1 Å². The number of fused-ring (bicyclic) bond motifs is 1. The van der Waals surface area contributed by atoms with Crippen LogP contribution >= 0.6 is 11.3 Å². The van der Waals surface area contributed by atoms with Crippen LogP contribution in [0.4, 0.5) is 0 Å². The molecule has 1 aromatic heterocycles. The molecule has 3 heteroatoms. The molecule has 0 amide bonds. The van der Waals surface area contributed by atoms with Gasteiger partial charge in [-0.1, -0.05) is 25.7 Å². The summed E-state index contributed by atoms with van der Waals surface area (Å²) in [6, 6.07) is 0. The first-order chi connectivity index (χ1) is 9.22. The monoisotopic (exact) mass is 277 g/mol. The van der Waals surface area contributed by atoms with Crippen LogP contribution < -0.4 is 0 Å². The third-order valence-electron chi connectivity index (χ3n) is 4.99. The summed E-state index contributed by atoms with van der Waals surface area (Å²) < 4.78 is 0. The fourth-order valence-electron chi connectivity index (χ4n) is 3.94. The zero-order valence-electron chi connectivity index (χ0n) is 11.7. The van der Waals surface area contributed by atoms with E-state index in [1.807, 2.05) is 12.3 Å². The smallest absolute Gasteiger partial charge is 0.142 e. The van der Waals surface area contributed by atoms with Crippen molar-refractivity contribution in [1.29, 1.82) is 0 Å². The number of aryl methyl sites for hydroxylation is 1. The molecule has 3 atom stereocenters. The van der Waals surface area contributed by atoms with Gasteiger partial charge >= 0.3 is 0 Å². The molecule has 2 fully saturated rings. The molecule has 2 aliphatic carbocycles. The maximum Gasteiger partial charge on any atom is 0.142 e. The Kier molecular flexibility index (Phi) is 4.01. The van der Waals surface area contributed by atoms with Crippen LogP contribution in [-0.2, 0) is 11.2 Å². The van der Waals surface area contributed by atoms with Crippen LogP contribution in [0.2, 0.25) is 0 Å². The zero-order chi connectivity index (χ0) is 13.2. The van der Waals surface area contributed by atoms with E-state index in [1.54, 1.807) is 11.3 Å². The van der Waals surface area contributed by atoms with Crippen molar-refractivity contribution < 1.29 is 4.79 Å². The molecule has 2 saturated carbocycles. The minimum atomic E-state index is 0.323. The van der Waals surface area contributed by atoms with Crippen molar-refractivity contribution in [3.8, 4) is 0 Å². The van der Waals surface area contributed by atoms with E-state index in [9.17, 15) is 4.79 Å². The Hall–Kier alpha value is -0.700. The normalized spacial score (nSPS) is 30.9. The Bertz CT molecular complexity index is 453. The van der Waals surface area contributed by atoms with Gasteiger partial charge in [0.2, 0.25) is 0 Å². The number of aromatic nitrogens is 1. The molecule has 0 aromatic carbocycles. The van der Waals surface area contributed by atoms with Crippen molar-refractivity contribution in [3.63, 3.8) is 0 Å². The standard InChI is InChI=1S/C16H23NOS/c1-11-10-19-16(17-11)9-15(18)14-7-6-12-4-2-3-5-13(12)8-14/h10,12-14H,2-9H2,1H3. The van der Waals surface area contributed by atoms with Gasteiger partial charge in [0, 0.05) is 17.0 Å². The SMILES string of the molecule is Cc1csc(CC(=O)C2CCC3CCCCC3C2)n1. The van der Waals surface area contributed by atoms with Crippen molar-refractivity contribution in [3.05, 3.63) is 16.1 Å². The number of rotatable bonds is 3. The number of hydrogen-bond acceptors (Lipinski definition) is 3. The average molecular weight is 277 g/mol. The highest BCUT2D eigenvalue weighted by molar-refractivity contribution is 7.09. The number of nitrogens with zero attached hydrogens (tertiary/aromatic N) is 1. The van der Waals surface area contributed by atoms with E-state index in [4.69, 9.17) is 0 Å². The largest absolute Gasteiger partial charge is 0.299 e. The van der Waals surface area contributed by atoms with Gasteiger partial charge in [-0.2, -0.15) is 0 Å². The molecule has 0 aliphatic heterocycles. The van der Waals surface area contributed by atoms with Gasteiger partial charge in [-0.15, -0.1) is 11.3 Å². The molecule has 3 unspecified atom stereocenters. The fraction of sp³-hybridized carbons (Fsp3) is 0.750. The highest BCUT2D eigenvalue weighted by atomic mass is 32.1. The predicted octanol–water partition coefficient (Wildman–Crippen LogP) is 4.17. The summed E-state index contributed by atoms with van der Waals surface area (Å²) in [5, 5.41) is 3.05. The number of ketones is 1. The topological polar surface area (TPSA) is 30.0 Å². The molecule has 1 heterocycles. The van der Waals surface area contributed by atoms with Crippen molar-refractivity contribution in [2.75, 3.05) is 0 Å². The third-order valence-corrected chi connectivity index (χ3v) is 5.95. The lowest BCUT2D eigenvalue weighted by molar-refractivity contribution is -0.124. The number of carbonyl (C=O) groups excluding carboxylic acids is 1. The van der Waals surface area contributed by atoms with Crippen LogP contribution in [0, 0.1) is 24.7 Å². The minimum Gasteiger partial charge on any atom is -0.299 e. The van der Waals surface area contributed by atoms with Crippen molar-refractivity contribution in [2.45, 2.75) is 58.3 Å². The van der Waals surface area contributed by atoms with Crippen LogP contribution in [0.5, 0.6) is 0 Å². The first kappa shape index (κ1) is 13.3. The molecule has 104 valence electrons. The first-order valence-electron chi connectivity index (χ1n) is 7.66. The Morgan fingerprint density at radius 1 is 1.26 bits per heavy atom. The second-order valence-corrected chi connectivity index (χ2v) is 7.28. The average Bonchev–Trinajstić information content (AvgIpc) is 2.83. The van der Waals surface area contributed by atoms with Crippen LogP contribution in [0.3, 0.4) is 0 Å². The minimum absolute atomic E-state index is 0.323. The Balaban J connectivity index is 1.58. The second kappa shape index (κ2) is 5.74. The van der Waals surface area contributed by atoms with Crippen LogP contribution in [0.1, 0.15) is 55.6 Å². The van der Waals surface area contributed by atoms with Crippen LogP contribution in [-0.4, -0.2) is 10.8 Å². The number of thiazole rings is 1. The van der Waals surface area contributed by atoms with E-state index in [-0.39, 0.29) is 0 Å². The molecule has 0 N–H and O–H groups in total. The summed E-state index contributed by atoms with van der Waals surface area (Å²) in [7, 11) is 0. The summed E-state index contributed by atoms with van der Waals surface area (Å²) in [5.41, 5.74) is 1.05. The Morgan fingerprint density at radius 3 is 2.79 bits per heavy atom. The summed E-state index contributed by atoms with van der Waals surface area (Å²) in [4.78, 5) is 16.8. The molecule has 0 saturated heterocycles. The van der Waals surface area contributed by atoms with Gasteiger partial charge < -0.3 is 0 Å². The van der Waals surface area contributed by atoms with Gasteiger partial charge in [-0.25, -0.2) is 4.98 Å². The zero-order valence-corrected chi connectivity index (χ0v) is 12.5. The van der Waals surface area contributed by atoms with Crippen LogP contribution in [0.15, 0.2) is 5.38 Å². The summed E-state index contributed by atoms with van der Waals surface area (Å²) in [6.07, 6.45) is 9.73. The maximum absolute atomic E-state index is 12.4. The lowest BCUT2D eigenvalue weighted by atomic mass is 9.66. The summed E-state index contributed by atoms with van der Waals surface area (Å²) >= 11 is 1.63. The highest BCUT2D eigenvalue weighted by Gasteiger charge is 2.34. The maximum atomic E-state index is 12.4. The molecule has 0 radical (unpaired) electrons. The molecule has 2 nitrogen and oxygen atoms in total. The van der Waals surface area contributed by atoms with Gasteiger partial charge in [0.1, 0.15) is 10.8 Å². The van der Waals surface area contributed by atoms with Crippen molar-refractivity contribution in [1.82, 2.24) is 4.98 Å². The number of hydrogen-bond donors (Lipinski definition) is 0. The van der Waals surface area contributed by atoms with E-state index < -0.39 is 0 Å². The fourth-order valence-corrected chi connectivity index (χ4v) is 4.72. The van der Waals surface area contributed by atoms with E-state index in [1.165, 1.54) is 32.1 Å². The van der Waals surface area contributed by atoms with Gasteiger partial charge in [0.25, 0.3) is 0 Å². The van der Waals surface area contributed by atoms with Gasteiger partial charge in [-0.05, 0) is 38.0 Å². The van der Waals surface area contributed by atoms with Crippen molar-refractivity contribution in [2.24, 2.45) is 17.8 Å². The molecular formula is C16H23NOS.